The fourth-order valence-corrected chi connectivity index (χ4v) is 4.48. The van der Waals surface area contributed by atoms with Crippen molar-refractivity contribution in [2.45, 2.75) is 38.3 Å². The molecule has 3 rings (SSSR count). The van der Waals surface area contributed by atoms with Crippen molar-refractivity contribution in [2.75, 3.05) is 33.4 Å². The molecule has 224 valence electrons. The minimum absolute atomic E-state index is 0.0526. The van der Waals surface area contributed by atoms with Crippen LogP contribution in [0.2, 0.25) is 0 Å². The summed E-state index contributed by atoms with van der Waals surface area (Å²) < 4.78 is 10.3. The monoisotopic (exact) mass is 581 g/mol. The molecule has 42 heavy (non-hydrogen) atoms. The number of methoxy groups -OCH3 is 1. The van der Waals surface area contributed by atoms with Gasteiger partial charge in [-0.1, -0.05) is 31.2 Å². The standard InChI is InChI=1S/C29H35N5O8/c1-3-14-42-21-10-4-18(5-11-21)15-22(32-27(38)20-8-6-19(7-9-20)26(30)31)28(39)34-13-12-33(17-24(35)36)29(40)23(34)16-25(37)41-2/h4-11,22-23H,3,12-17H2,1-2H3,(H3,30,31)(H,32,38)(H,35,36)/t22-,23-/m0/s1. The molecule has 1 heterocycles. The van der Waals surface area contributed by atoms with Crippen molar-refractivity contribution in [3.05, 3.63) is 65.2 Å². The molecule has 0 bridgehead atoms. The van der Waals surface area contributed by atoms with Crippen LogP contribution in [0.1, 0.15) is 41.3 Å². The Morgan fingerprint density at radius 1 is 1.07 bits per heavy atom. The predicted molar refractivity (Wildman–Crippen MR) is 151 cm³/mol. The van der Waals surface area contributed by atoms with E-state index in [4.69, 9.17) is 20.6 Å². The van der Waals surface area contributed by atoms with E-state index in [2.05, 4.69) is 5.32 Å². The summed E-state index contributed by atoms with van der Waals surface area (Å²) in [5.74, 6) is -3.39. The fraction of sp³-hybridized carbons (Fsp3) is 0.379. The van der Waals surface area contributed by atoms with Crippen molar-refractivity contribution < 1.29 is 38.6 Å². The van der Waals surface area contributed by atoms with Crippen molar-refractivity contribution in [2.24, 2.45) is 5.73 Å². The van der Waals surface area contributed by atoms with Crippen LogP contribution in [-0.4, -0.2) is 95.8 Å². The highest BCUT2D eigenvalue weighted by molar-refractivity contribution is 6.01. The van der Waals surface area contributed by atoms with Gasteiger partial charge in [-0.3, -0.25) is 29.4 Å². The molecule has 1 fully saturated rings. The van der Waals surface area contributed by atoms with E-state index in [0.717, 1.165) is 18.4 Å². The maximum absolute atomic E-state index is 14.0. The number of carbonyl (C=O) groups is 5. The smallest absolute Gasteiger partial charge is 0.323 e. The molecule has 13 nitrogen and oxygen atoms in total. The third-order valence-corrected chi connectivity index (χ3v) is 6.68. The number of esters is 1. The zero-order valence-corrected chi connectivity index (χ0v) is 23.5. The number of hydrogen-bond acceptors (Lipinski definition) is 8. The van der Waals surface area contributed by atoms with Crippen molar-refractivity contribution >= 4 is 35.5 Å². The molecule has 2 aromatic rings. The van der Waals surface area contributed by atoms with Gasteiger partial charge < -0.3 is 35.4 Å². The molecule has 0 unspecified atom stereocenters. The van der Waals surface area contributed by atoms with Crippen molar-refractivity contribution in [3.8, 4) is 5.75 Å². The van der Waals surface area contributed by atoms with E-state index in [1.165, 1.54) is 29.2 Å². The molecule has 2 aromatic carbocycles. The summed E-state index contributed by atoms with van der Waals surface area (Å²) in [5, 5.41) is 19.5. The number of nitrogen functional groups attached to an aromatic ring is 1. The zero-order chi connectivity index (χ0) is 30.8. The lowest BCUT2D eigenvalue weighted by atomic mass is 10.0. The van der Waals surface area contributed by atoms with Gasteiger partial charge in [0.2, 0.25) is 11.8 Å². The van der Waals surface area contributed by atoms with E-state index in [1.807, 2.05) is 6.92 Å². The number of ether oxygens (including phenoxy) is 2. The van der Waals surface area contributed by atoms with Gasteiger partial charge in [-0.05, 0) is 36.2 Å². The number of piperazine rings is 1. The molecule has 0 aliphatic carbocycles. The highest BCUT2D eigenvalue weighted by Crippen LogP contribution is 2.20. The Bertz CT molecular complexity index is 1310. The quantitative estimate of drug-likeness (QED) is 0.150. The van der Waals surface area contributed by atoms with Gasteiger partial charge in [0.1, 0.15) is 30.2 Å². The molecule has 1 saturated heterocycles. The maximum atomic E-state index is 14.0. The summed E-state index contributed by atoms with van der Waals surface area (Å²) in [6.45, 7) is 1.83. The van der Waals surface area contributed by atoms with Gasteiger partial charge in [-0.25, -0.2) is 0 Å². The first-order valence-corrected chi connectivity index (χ1v) is 13.4. The van der Waals surface area contributed by atoms with Gasteiger partial charge in [0.15, 0.2) is 0 Å². The highest BCUT2D eigenvalue weighted by atomic mass is 16.5. The van der Waals surface area contributed by atoms with Crippen molar-refractivity contribution in [1.29, 1.82) is 5.41 Å². The average molecular weight is 582 g/mol. The van der Waals surface area contributed by atoms with Gasteiger partial charge in [0.25, 0.3) is 5.91 Å². The maximum Gasteiger partial charge on any atom is 0.323 e. The van der Waals surface area contributed by atoms with Crippen LogP contribution < -0.4 is 15.8 Å². The summed E-state index contributed by atoms with van der Waals surface area (Å²) in [7, 11) is 1.14. The Morgan fingerprint density at radius 2 is 1.71 bits per heavy atom. The van der Waals surface area contributed by atoms with Gasteiger partial charge in [0.05, 0.1) is 20.1 Å². The number of carboxylic acids is 1. The van der Waals surface area contributed by atoms with Crippen LogP contribution in [0.3, 0.4) is 0 Å². The summed E-state index contributed by atoms with van der Waals surface area (Å²) in [4.78, 5) is 66.1. The second-order valence-corrected chi connectivity index (χ2v) is 9.69. The molecule has 3 amide bonds. The highest BCUT2D eigenvalue weighted by Gasteiger charge is 2.41. The number of rotatable bonds is 13. The lowest BCUT2D eigenvalue weighted by Crippen LogP contribution is -2.63. The molecule has 0 aromatic heterocycles. The number of carboxylic acid groups (broad SMARTS) is 1. The van der Waals surface area contributed by atoms with Crippen LogP contribution in [0, 0.1) is 5.41 Å². The van der Waals surface area contributed by atoms with Crippen molar-refractivity contribution in [1.82, 2.24) is 15.1 Å². The summed E-state index contributed by atoms with van der Waals surface area (Å²) >= 11 is 0. The number of amides is 3. The normalized spacial score (nSPS) is 15.5. The number of nitrogens with two attached hydrogens (primary N) is 1. The molecular formula is C29H35N5O8. The minimum atomic E-state index is -1.31. The van der Waals surface area contributed by atoms with E-state index >= 15 is 0 Å². The largest absolute Gasteiger partial charge is 0.494 e. The lowest BCUT2D eigenvalue weighted by Gasteiger charge is -2.41. The predicted octanol–water partition coefficient (Wildman–Crippen LogP) is 0.788. The summed E-state index contributed by atoms with van der Waals surface area (Å²) in [6.07, 6.45) is 0.412. The van der Waals surface area contributed by atoms with Gasteiger partial charge in [0, 0.05) is 30.6 Å². The number of hydrogen-bond donors (Lipinski definition) is 4. The van der Waals surface area contributed by atoms with E-state index in [9.17, 15) is 29.1 Å². The molecular weight excluding hydrogens is 546 g/mol. The zero-order valence-electron chi connectivity index (χ0n) is 23.5. The molecule has 0 radical (unpaired) electrons. The first-order valence-electron chi connectivity index (χ1n) is 13.4. The fourth-order valence-electron chi connectivity index (χ4n) is 4.48. The first kappa shape index (κ1) is 31.6. The number of nitrogens with one attached hydrogen (secondary N) is 2. The topological polar surface area (TPSA) is 192 Å². The average Bonchev–Trinajstić information content (AvgIpc) is 2.97. The van der Waals surface area contributed by atoms with E-state index in [-0.39, 0.29) is 30.9 Å². The lowest BCUT2D eigenvalue weighted by molar-refractivity contribution is -0.159. The molecule has 5 N–H and O–H groups in total. The van der Waals surface area contributed by atoms with Gasteiger partial charge in [-0.15, -0.1) is 0 Å². The number of carbonyl (C=O) groups excluding carboxylic acids is 4. The molecule has 13 heteroatoms. The van der Waals surface area contributed by atoms with Crippen LogP contribution in [0.5, 0.6) is 5.75 Å². The first-order chi connectivity index (χ1) is 20.0. The van der Waals surface area contributed by atoms with Crippen LogP contribution in [0.25, 0.3) is 0 Å². The molecule has 2 atom stereocenters. The van der Waals surface area contributed by atoms with Gasteiger partial charge >= 0.3 is 11.9 Å². The number of amidine groups is 1. The minimum Gasteiger partial charge on any atom is -0.494 e. The van der Waals surface area contributed by atoms with Crippen molar-refractivity contribution in [3.63, 3.8) is 0 Å². The van der Waals surface area contributed by atoms with Crippen LogP contribution in [0.15, 0.2) is 48.5 Å². The van der Waals surface area contributed by atoms with E-state index < -0.39 is 54.7 Å². The second-order valence-electron chi connectivity index (χ2n) is 9.69. The van der Waals surface area contributed by atoms with Crippen LogP contribution >= 0.6 is 0 Å². The Balaban J connectivity index is 1.91. The molecule has 0 spiro atoms. The second kappa shape index (κ2) is 14.6. The van der Waals surface area contributed by atoms with Crippen LogP contribution in [-0.2, 0) is 30.3 Å². The third kappa shape index (κ3) is 8.29. The SMILES string of the molecule is CCCOc1ccc(C[C@H](NC(=O)c2ccc(C(=N)N)cc2)C(=O)N2CCN(CC(=O)O)C(=O)[C@@H]2CC(=O)OC)cc1. The Kier molecular flexibility index (Phi) is 11.0. The Morgan fingerprint density at radius 3 is 2.29 bits per heavy atom. The summed E-state index contributed by atoms with van der Waals surface area (Å²) in [6, 6.07) is 10.5. The third-order valence-electron chi connectivity index (χ3n) is 6.68. The van der Waals surface area contributed by atoms with E-state index in [1.54, 1.807) is 24.3 Å². The Hall–Kier alpha value is -4.94. The summed E-state index contributed by atoms with van der Waals surface area (Å²) in [5.41, 5.74) is 6.84. The molecule has 0 saturated carbocycles. The van der Waals surface area contributed by atoms with Gasteiger partial charge in [-0.2, -0.15) is 0 Å². The molecule has 1 aliphatic heterocycles. The Labute approximate surface area is 243 Å². The number of aliphatic carboxylic acids is 1. The molecule has 1 aliphatic rings. The van der Waals surface area contributed by atoms with E-state index in [0.29, 0.717) is 23.5 Å². The number of benzene rings is 2. The number of nitrogens with zero attached hydrogens (tertiary/aromatic N) is 2. The van der Waals surface area contributed by atoms with Crippen LogP contribution in [0.4, 0.5) is 0 Å².